The van der Waals surface area contributed by atoms with Crippen molar-refractivity contribution in [1.29, 1.82) is 0 Å². The zero-order chi connectivity index (χ0) is 36.1. The number of phenols is 1. The number of phenolic OH excluding ortho intramolecular Hbond substituents is 1. The lowest BCUT2D eigenvalue weighted by molar-refractivity contribution is -0.186. The number of rotatable bonds is 15. The molecule has 0 aliphatic heterocycles. The van der Waals surface area contributed by atoms with E-state index >= 15 is 0 Å². The second-order valence-electron chi connectivity index (χ2n) is 14.0. The van der Waals surface area contributed by atoms with Gasteiger partial charge in [-0.25, -0.2) is 0 Å². The molecule has 4 aliphatic carbocycles. The van der Waals surface area contributed by atoms with Crippen LogP contribution in [0.2, 0.25) is 0 Å². The molecule has 12 nitrogen and oxygen atoms in total. The van der Waals surface area contributed by atoms with Crippen molar-refractivity contribution in [2.45, 2.75) is 62.6 Å². The molecule has 8 N–H and O–H groups in total. The molecule has 0 aromatic heterocycles. The van der Waals surface area contributed by atoms with Gasteiger partial charge >= 0.3 is 5.97 Å². The molecule has 2 aromatic rings. The van der Waals surface area contributed by atoms with E-state index in [-0.39, 0.29) is 29.7 Å². The summed E-state index contributed by atoms with van der Waals surface area (Å²) in [4.78, 5) is 67.7. The number of nitrogens with one attached hydrogen (secondary N) is 3. The standard InChI is InChI=1S/C37H47N5O7S/c1-49-35(48)36-17-24-14-25(18-36)20-37(39,19-24)32(36)31(45)29(16-22-6-4-3-5-7-22)41-30(44)21-40-34(47)28(12-13-50-2)42-33(46)27(38)15-23-8-10-26(43)11-9-23/h3-11,16,24-25,27-28,32,43H,12-15,17-21,38-39H2,1-2H3,(H,40,47)(H,41,44)(H,42,46)/t24?,25?,27-,28+,32?,36?,37?/m0/s1. The fraction of sp³-hybridized carbons (Fsp3) is 0.486. The summed E-state index contributed by atoms with van der Waals surface area (Å²) in [6.07, 6.45) is 7.15. The van der Waals surface area contributed by atoms with Crippen molar-refractivity contribution in [3.05, 3.63) is 71.4 Å². The predicted molar refractivity (Wildman–Crippen MR) is 190 cm³/mol. The van der Waals surface area contributed by atoms with Crippen LogP contribution in [-0.2, 0) is 35.1 Å². The van der Waals surface area contributed by atoms with Crippen molar-refractivity contribution in [2.75, 3.05) is 25.7 Å². The number of Topliss-reactive ketones (excluding diaryl/α,β-unsaturated/α-hetero) is 1. The quantitative estimate of drug-likeness (QED) is 0.118. The molecule has 268 valence electrons. The fourth-order valence-corrected chi connectivity index (χ4v) is 9.00. The van der Waals surface area contributed by atoms with Gasteiger partial charge in [0, 0.05) is 5.54 Å². The van der Waals surface area contributed by atoms with Crippen LogP contribution in [0.15, 0.2) is 60.3 Å². The summed E-state index contributed by atoms with van der Waals surface area (Å²) in [6, 6.07) is 13.4. The molecule has 4 fully saturated rings. The maximum Gasteiger partial charge on any atom is 0.312 e. The number of hydrogen-bond acceptors (Lipinski definition) is 10. The second-order valence-corrected chi connectivity index (χ2v) is 15.0. The summed E-state index contributed by atoms with van der Waals surface area (Å²) in [5, 5.41) is 17.5. The van der Waals surface area contributed by atoms with Gasteiger partial charge in [0.2, 0.25) is 17.7 Å². The zero-order valence-corrected chi connectivity index (χ0v) is 29.3. The van der Waals surface area contributed by atoms with E-state index in [2.05, 4.69) is 16.0 Å². The fourth-order valence-electron chi connectivity index (χ4n) is 8.53. The van der Waals surface area contributed by atoms with E-state index in [1.807, 2.05) is 12.3 Å². The monoisotopic (exact) mass is 705 g/mol. The summed E-state index contributed by atoms with van der Waals surface area (Å²) in [6.45, 7) is -0.478. The van der Waals surface area contributed by atoms with Crippen LogP contribution in [0.4, 0.5) is 0 Å². The molecule has 3 unspecified atom stereocenters. The number of allylic oxidation sites excluding steroid dienone is 1. The van der Waals surface area contributed by atoms with Crippen LogP contribution in [-0.4, -0.2) is 77.9 Å². The van der Waals surface area contributed by atoms with Crippen LogP contribution < -0.4 is 27.4 Å². The first kappa shape index (κ1) is 37.1. The van der Waals surface area contributed by atoms with Crippen LogP contribution >= 0.6 is 11.8 Å². The van der Waals surface area contributed by atoms with Crippen LogP contribution in [0.25, 0.3) is 6.08 Å². The van der Waals surface area contributed by atoms with Crippen molar-refractivity contribution in [3.63, 3.8) is 0 Å². The van der Waals surface area contributed by atoms with Crippen molar-refractivity contribution >= 4 is 47.3 Å². The van der Waals surface area contributed by atoms with E-state index in [4.69, 9.17) is 16.2 Å². The predicted octanol–water partition coefficient (Wildman–Crippen LogP) is 2.04. The Bertz CT molecular complexity index is 1600. The highest BCUT2D eigenvalue weighted by atomic mass is 32.2. The number of esters is 1. The van der Waals surface area contributed by atoms with Crippen LogP contribution in [0.1, 0.15) is 49.7 Å². The number of amides is 3. The Labute approximate surface area is 296 Å². The lowest BCUT2D eigenvalue weighted by Gasteiger charge is -2.63. The average molecular weight is 706 g/mol. The van der Waals surface area contributed by atoms with Gasteiger partial charge in [-0.3, -0.25) is 24.0 Å². The SMILES string of the molecule is COC(=O)C12CC3CC(CC(N)(C3)C1C(=O)C(=Cc1ccccc1)NC(=O)CNC(=O)[C@@H](CCSC)NC(=O)[C@@H](N)Cc1ccc(O)cc1)C2. The van der Waals surface area contributed by atoms with E-state index in [9.17, 15) is 29.1 Å². The third-order valence-electron chi connectivity index (χ3n) is 10.3. The zero-order valence-electron chi connectivity index (χ0n) is 28.5. The van der Waals surface area contributed by atoms with E-state index < -0.39 is 65.0 Å². The Morgan fingerprint density at radius 3 is 2.28 bits per heavy atom. The Balaban J connectivity index is 1.29. The molecule has 0 saturated heterocycles. The summed E-state index contributed by atoms with van der Waals surface area (Å²) >= 11 is 1.50. The van der Waals surface area contributed by atoms with Crippen molar-refractivity contribution < 1.29 is 33.8 Å². The van der Waals surface area contributed by atoms with Gasteiger partial charge < -0.3 is 37.3 Å². The van der Waals surface area contributed by atoms with Gasteiger partial charge in [0.15, 0.2) is 5.78 Å². The number of carbonyl (C=O) groups excluding carboxylic acids is 5. The molecule has 2 aromatic carbocycles. The third-order valence-corrected chi connectivity index (χ3v) is 11.0. The Morgan fingerprint density at radius 1 is 1.00 bits per heavy atom. The molecular weight excluding hydrogens is 659 g/mol. The van der Waals surface area contributed by atoms with Crippen molar-refractivity contribution in [2.24, 2.45) is 34.6 Å². The number of benzene rings is 2. The van der Waals surface area contributed by atoms with Crippen molar-refractivity contribution in [3.8, 4) is 5.75 Å². The molecule has 4 saturated carbocycles. The van der Waals surface area contributed by atoms with Gasteiger partial charge in [-0.15, -0.1) is 0 Å². The molecule has 0 heterocycles. The minimum Gasteiger partial charge on any atom is -0.508 e. The van der Waals surface area contributed by atoms with Gasteiger partial charge in [-0.2, -0.15) is 11.8 Å². The van der Waals surface area contributed by atoms with E-state index in [0.29, 0.717) is 43.4 Å². The number of ketones is 1. The molecule has 4 aliphatic rings. The minimum atomic E-state index is -1.08. The Kier molecular flexibility index (Phi) is 11.7. The molecule has 0 radical (unpaired) electrons. The van der Waals surface area contributed by atoms with Crippen molar-refractivity contribution in [1.82, 2.24) is 16.0 Å². The van der Waals surface area contributed by atoms with Gasteiger partial charge in [0.25, 0.3) is 0 Å². The molecule has 0 spiro atoms. The topological polar surface area (TPSA) is 203 Å². The number of methoxy groups -OCH3 is 1. The normalized spacial score (nSPS) is 26.4. The molecule has 50 heavy (non-hydrogen) atoms. The van der Waals surface area contributed by atoms with Gasteiger partial charge in [0.05, 0.1) is 36.7 Å². The Hall–Kier alpha value is -4.20. The van der Waals surface area contributed by atoms with Crippen LogP contribution in [0.5, 0.6) is 5.75 Å². The number of hydrogen-bond donors (Lipinski definition) is 6. The first-order valence-corrected chi connectivity index (χ1v) is 18.4. The lowest BCUT2D eigenvalue weighted by atomic mass is 9.41. The molecular formula is C37H47N5O7S. The minimum absolute atomic E-state index is 0.0199. The molecule has 6 rings (SSSR count). The van der Waals surface area contributed by atoms with Crippen LogP contribution in [0, 0.1) is 23.2 Å². The highest BCUT2D eigenvalue weighted by Crippen LogP contribution is 2.64. The number of nitrogens with two attached hydrogens (primary N) is 2. The first-order chi connectivity index (χ1) is 23.9. The number of carbonyl (C=O) groups is 5. The summed E-state index contributed by atoms with van der Waals surface area (Å²) in [7, 11) is 1.33. The summed E-state index contributed by atoms with van der Waals surface area (Å²) < 4.78 is 5.28. The third kappa shape index (κ3) is 8.22. The molecule has 13 heteroatoms. The van der Waals surface area contributed by atoms with Gasteiger partial charge in [0.1, 0.15) is 11.8 Å². The van der Waals surface area contributed by atoms with Crippen LogP contribution in [0.3, 0.4) is 0 Å². The molecule has 5 atom stereocenters. The Morgan fingerprint density at radius 2 is 1.66 bits per heavy atom. The maximum absolute atomic E-state index is 14.6. The summed E-state index contributed by atoms with van der Waals surface area (Å²) in [5.41, 5.74) is 12.5. The highest BCUT2D eigenvalue weighted by molar-refractivity contribution is 7.98. The van der Waals surface area contributed by atoms with Gasteiger partial charge in [-0.05, 0) is 98.1 Å². The largest absolute Gasteiger partial charge is 0.508 e. The van der Waals surface area contributed by atoms with Gasteiger partial charge in [-0.1, -0.05) is 42.5 Å². The second kappa shape index (κ2) is 15.8. The number of ether oxygens (including phenoxy) is 1. The van der Waals surface area contributed by atoms with E-state index in [1.165, 1.54) is 31.0 Å². The molecule has 3 amide bonds. The van der Waals surface area contributed by atoms with E-state index in [0.717, 1.165) is 12.0 Å². The number of aromatic hydroxyl groups is 1. The first-order valence-electron chi connectivity index (χ1n) is 17.0. The summed E-state index contributed by atoms with van der Waals surface area (Å²) in [5.74, 6) is -2.44. The highest BCUT2D eigenvalue weighted by Gasteiger charge is 2.68. The number of thioether (sulfide) groups is 1. The molecule has 4 bridgehead atoms. The average Bonchev–Trinajstić information content (AvgIpc) is 3.08. The smallest absolute Gasteiger partial charge is 0.312 e. The lowest BCUT2D eigenvalue weighted by Crippen LogP contribution is -2.71. The maximum atomic E-state index is 14.6. The van der Waals surface area contributed by atoms with E-state index in [1.54, 1.807) is 42.5 Å².